The first-order valence-electron chi connectivity index (χ1n) is 8.10. The third kappa shape index (κ3) is 4.52. The van der Waals surface area contributed by atoms with Crippen molar-refractivity contribution in [2.75, 3.05) is 5.32 Å². The molecule has 8 heteroatoms. The molecule has 0 bridgehead atoms. The van der Waals surface area contributed by atoms with E-state index < -0.39 is 11.7 Å². The van der Waals surface area contributed by atoms with Crippen LogP contribution in [0.4, 0.5) is 18.9 Å². The van der Waals surface area contributed by atoms with Crippen molar-refractivity contribution in [3.63, 3.8) is 0 Å². The van der Waals surface area contributed by atoms with E-state index in [1.54, 1.807) is 6.07 Å². The van der Waals surface area contributed by atoms with Gasteiger partial charge in [-0.2, -0.15) is 18.2 Å². The summed E-state index contributed by atoms with van der Waals surface area (Å²) in [4.78, 5) is 16.2. The first-order valence-corrected chi connectivity index (χ1v) is 8.10. The number of hydrogen-bond acceptors (Lipinski definition) is 4. The smallest absolute Gasteiger partial charge is 0.338 e. The Labute approximate surface area is 153 Å². The predicted octanol–water partition coefficient (Wildman–Crippen LogP) is 4.55. The normalized spacial score (nSPS) is 11.4. The zero-order valence-corrected chi connectivity index (χ0v) is 14.6. The standard InChI is InChI=1S/C19H16F3N3O2/c1-11-6-7-15(12(2)8-11)23-16(26)10-17-24-18(25-27-17)13-4-3-5-14(9-13)19(20,21)22/h3-9H,10H2,1-2H3,(H,23,26). The second-order valence-electron chi connectivity index (χ2n) is 6.13. The van der Waals surface area contributed by atoms with Gasteiger partial charge in [-0.05, 0) is 37.6 Å². The van der Waals surface area contributed by atoms with E-state index in [0.717, 1.165) is 23.3 Å². The summed E-state index contributed by atoms with van der Waals surface area (Å²) in [5.41, 5.74) is 2.02. The number of halogens is 3. The van der Waals surface area contributed by atoms with Crippen molar-refractivity contribution in [3.8, 4) is 11.4 Å². The summed E-state index contributed by atoms with van der Waals surface area (Å²) >= 11 is 0. The third-order valence-corrected chi connectivity index (χ3v) is 3.88. The zero-order chi connectivity index (χ0) is 19.6. The molecule has 0 aliphatic rings. The Morgan fingerprint density at radius 2 is 1.93 bits per heavy atom. The van der Waals surface area contributed by atoms with Crippen LogP contribution in [0.1, 0.15) is 22.6 Å². The topological polar surface area (TPSA) is 68.0 Å². The molecule has 1 aromatic heterocycles. The minimum absolute atomic E-state index is 0.00424. The highest BCUT2D eigenvalue weighted by atomic mass is 19.4. The van der Waals surface area contributed by atoms with Gasteiger partial charge >= 0.3 is 6.18 Å². The van der Waals surface area contributed by atoms with Gasteiger partial charge in [-0.25, -0.2) is 0 Å². The van der Waals surface area contributed by atoms with Gasteiger partial charge in [0.15, 0.2) is 0 Å². The Bertz CT molecular complexity index is 980. The summed E-state index contributed by atoms with van der Waals surface area (Å²) in [7, 11) is 0. The van der Waals surface area contributed by atoms with Gasteiger partial charge in [0.25, 0.3) is 0 Å². The van der Waals surface area contributed by atoms with Crippen LogP contribution in [-0.4, -0.2) is 16.0 Å². The van der Waals surface area contributed by atoms with E-state index in [-0.39, 0.29) is 29.6 Å². The van der Waals surface area contributed by atoms with Crippen LogP contribution in [-0.2, 0) is 17.4 Å². The van der Waals surface area contributed by atoms with Gasteiger partial charge in [-0.3, -0.25) is 4.79 Å². The highest BCUT2D eigenvalue weighted by molar-refractivity contribution is 5.92. The molecule has 27 heavy (non-hydrogen) atoms. The van der Waals surface area contributed by atoms with Gasteiger partial charge in [-0.15, -0.1) is 0 Å². The lowest BCUT2D eigenvalue weighted by molar-refractivity contribution is -0.137. The minimum Gasteiger partial charge on any atom is -0.338 e. The monoisotopic (exact) mass is 375 g/mol. The maximum Gasteiger partial charge on any atom is 0.416 e. The molecule has 0 fully saturated rings. The molecule has 0 aliphatic carbocycles. The minimum atomic E-state index is -4.46. The number of benzene rings is 2. The van der Waals surface area contributed by atoms with E-state index in [1.165, 1.54) is 12.1 Å². The largest absolute Gasteiger partial charge is 0.416 e. The highest BCUT2D eigenvalue weighted by Gasteiger charge is 2.30. The van der Waals surface area contributed by atoms with E-state index in [2.05, 4.69) is 15.5 Å². The molecule has 0 saturated heterocycles. The van der Waals surface area contributed by atoms with Crippen LogP contribution in [0, 0.1) is 13.8 Å². The van der Waals surface area contributed by atoms with Gasteiger partial charge in [0.2, 0.25) is 17.6 Å². The Morgan fingerprint density at radius 3 is 2.63 bits per heavy atom. The molecule has 5 nitrogen and oxygen atoms in total. The van der Waals surface area contributed by atoms with Crippen molar-refractivity contribution < 1.29 is 22.5 Å². The Balaban J connectivity index is 1.72. The molecule has 0 saturated carbocycles. The van der Waals surface area contributed by atoms with Crippen LogP contribution >= 0.6 is 0 Å². The van der Waals surface area contributed by atoms with Crippen LogP contribution in [0.5, 0.6) is 0 Å². The predicted molar refractivity (Wildman–Crippen MR) is 93.0 cm³/mol. The fourth-order valence-electron chi connectivity index (χ4n) is 2.56. The molecule has 1 heterocycles. The van der Waals surface area contributed by atoms with Crippen LogP contribution in [0.25, 0.3) is 11.4 Å². The molecule has 0 unspecified atom stereocenters. The molecule has 1 N–H and O–H groups in total. The number of carbonyl (C=O) groups excluding carboxylic acids is 1. The second kappa shape index (κ2) is 7.22. The molecule has 0 spiro atoms. The fourth-order valence-corrected chi connectivity index (χ4v) is 2.56. The number of alkyl halides is 3. The lowest BCUT2D eigenvalue weighted by Crippen LogP contribution is -2.15. The Hall–Kier alpha value is -3.16. The second-order valence-corrected chi connectivity index (χ2v) is 6.13. The number of aryl methyl sites for hydroxylation is 2. The van der Waals surface area contributed by atoms with Gasteiger partial charge in [0.1, 0.15) is 6.42 Å². The number of hydrogen-bond donors (Lipinski definition) is 1. The van der Waals surface area contributed by atoms with Gasteiger partial charge in [-0.1, -0.05) is 35.0 Å². The van der Waals surface area contributed by atoms with Crippen molar-refractivity contribution in [3.05, 3.63) is 65.0 Å². The summed E-state index contributed by atoms with van der Waals surface area (Å²) in [5, 5.41) is 6.41. The van der Waals surface area contributed by atoms with E-state index in [1.807, 2.05) is 26.0 Å². The van der Waals surface area contributed by atoms with Crippen molar-refractivity contribution in [2.24, 2.45) is 0 Å². The summed E-state index contributed by atoms with van der Waals surface area (Å²) in [6, 6.07) is 10.2. The zero-order valence-electron chi connectivity index (χ0n) is 14.6. The first kappa shape index (κ1) is 18.6. The summed E-state index contributed by atoms with van der Waals surface area (Å²) in [6.07, 6.45) is -4.65. The maximum atomic E-state index is 12.8. The first-order chi connectivity index (χ1) is 12.7. The van der Waals surface area contributed by atoms with Crippen molar-refractivity contribution in [2.45, 2.75) is 26.4 Å². The number of amides is 1. The highest BCUT2D eigenvalue weighted by Crippen LogP contribution is 2.31. The number of aromatic nitrogens is 2. The van der Waals surface area contributed by atoms with Crippen molar-refractivity contribution >= 4 is 11.6 Å². The number of carbonyl (C=O) groups is 1. The van der Waals surface area contributed by atoms with Gasteiger partial charge in [0, 0.05) is 11.3 Å². The summed E-state index contributed by atoms with van der Waals surface area (Å²) in [5.74, 6) is -0.346. The maximum absolute atomic E-state index is 12.8. The van der Waals surface area contributed by atoms with Crippen molar-refractivity contribution in [1.29, 1.82) is 0 Å². The molecule has 3 aromatic rings. The van der Waals surface area contributed by atoms with Crippen LogP contribution in [0.15, 0.2) is 47.0 Å². The molecule has 140 valence electrons. The number of nitrogens with one attached hydrogen (secondary N) is 1. The van der Waals surface area contributed by atoms with E-state index in [4.69, 9.17) is 4.52 Å². The lowest BCUT2D eigenvalue weighted by atomic mass is 10.1. The fraction of sp³-hybridized carbons (Fsp3) is 0.211. The Kier molecular flexibility index (Phi) is 4.98. The quantitative estimate of drug-likeness (QED) is 0.726. The molecule has 3 rings (SSSR count). The molecule has 2 aromatic carbocycles. The lowest BCUT2D eigenvalue weighted by Gasteiger charge is -2.07. The summed E-state index contributed by atoms with van der Waals surface area (Å²) in [6.45, 7) is 3.83. The average molecular weight is 375 g/mol. The number of rotatable bonds is 4. The third-order valence-electron chi connectivity index (χ3n) is 3.88. The summed E-state index contributed by atoms with van der Waals surface area (Å²) < 4.78 is 43.4. The molecule has 0 radical (unpaired) electrons. The molecule has 1 amide bonds. The number of nitrogens with zero attached hydrogens (tertiary/aromatic N) is 2. The molecular formula is C19H16F3N3O2. The van der Waals surface area contributed by atoms with Gasteiger partial charge in [0.05, 0.1) is 5.56 Å². The molecule has 0 atom stereocenters. The van der Waals surface area contributed by atoms with Crippen LogP contribution in [0.3, 0.4) is 0 Å². The molecular weight excluding hydrogens is 359 g/mol. The van der Waals surface area contributed by atoms with Crippen LogP contribution < -0.4 is 5.32 Å². The molecule has 0 aliphatic heterocycles. The Morgan fingerprint density at radius 1 is 1.15 bits per heavy atom. The van der Waals surface area contributed by atoms with E-state index in [0.29, 0.717) is 5.69 Å². The van der Waals surface area contributed by atoms with E-state index in [9.17, 15) is 18.0 Å². The van der Waals surface area contributed by atoms with Crippen molar-refractivity contribution in [1.82, 2.24) is 10.1 Å². The number of anilines is 1. The SMILES string of the molecule is Cc1ccc(NC(=O)Cc2nc(-c3cccc(C(F)(F)F)c3)no2)c(C)c1. The average Bonchev–Trinajstić information content (AvgIpc) is 3.05. The van der Waals surface area contributed by atoms with Gasteiger partial charge < -0.3 is 9.84 Å². The van der Waals surface area contributed by atoms with E-state index >= 15 is 0 Å². The van der Waals surface area contributed by atoms with Crippen LogP contribution in [0.2, 0.25) is 0 Å².